The number of fused-ring (bicyclic) bond motifs is 1. The number of rotatable bonds is 5. The predicted molar refractivity (Wildman–Crippen MR) is 119 cm³/mol. The zero-order valence-corrected chi connectivity index (χ0v) is 17.8. The minimum atomic E-state index is 0. The van der Waals surface area contributed by atoms with Crippen LogP contribution in [0.5, 0.6) is 0 Å². The number of halogens is 1. The van der Waals surface area contributed by atoms with E-state index >= 15 is 0 Å². The number of aromatic nitrogens is 2. The van der Waals surface area contributed by atoms with E-state index in [1.54, 1.807) is 7.05 Å². The molecule has 0 radical (unpaired) electrons. The molecule has 5 nitrogen and oxygen atoms in total. The van der Waals surface area contributed by atoms with Crippen molar-refractivity contribution in [1.29, 1.82) is 0 Å². The van der Waals surface area contributed by atoms with Crippen molar-refractivity contribution in [2.24, 2.45) is 4.99 Å². The lowest BCUT2D eigenvalue weighted by Gasteiger charge is -2.19. The van der Waals surface area contributed by atoms with Gasteiger partial charge >= 0.3 is 0 Å². The van der Waals surface area contributed by atoms with E-state index < -0.39 is 0 Å². The van der Waals surface area contributed by atoms with E-state index in [0.29, 0.717) is 0 Å². The number of nitrogens with one attached hydrogen (secondary N) is 2. The number of benzene rings is 2. The van der Waals surface area contributed by atoms with Gasteiger partial charge in [0.05, 0.1) is 18.8 Å². The van der Waals surface area contributed by atoms with Crippen LogP contribution in [0.2, 0.25) is 0 Å². The highest BCUT2D eigenvalue weighted by Gasteiger charge is 2.08. The van der Waals surface area contributed by atoms with Gasteiger partial charge in [-0.2, -0.15) is 5.10 Å². The van der Waals surface area contributed by atoms with Gasteiger partial charge in [-0.15, -0.1) is 24.0 Å². The predicted octanol–water partition coefficient (Wildman–Crippen LogP) is 3.89. The number of hydrogen-bond acceptors (Lipinski definition) is 2. The first-order valence-electron chi connectivity index (χ1n) is 8.60. The Morgan fingerprint density at radius 1 is 1.19 bits per heavy atom. The van der Waals surface area contributed by atoms with Gasteiger partial charge in [0.2, 0.25) is 0 Å². The molecule has 3 aromatic rings. The molecule has 0 aliphatic rings. The summed E-state index contributed by atoms with van der Waals surface area (Å²) in [6.07, 6.45) is 3.91. The van der Waals surface area contributed by atoms with Gasteiger partial charge in [-0.3, -0.25) is 9.67 Å². The standard InChI is InChI=1S/C20H25N5.HI/c1-15-13-23-25(14-15)11-10-22-20(21-3)24-16(2)18-9-8-17-6-4-5-7-19(17)12-18;/h4-9,12-14,16H,10-11H2,1-3H3,(H2,21,22,24);1H. The summed E-state index contributed by atoms with van der Waals surface area (Å²) in [6.45, 7) is 5.76. The Morgan fingerprint density at radius 3 is 2.65 bits per heavy atom. The summed E-state index contributed by atoms with van der Waals surface area (Å²) in [4.78, 5) is 4.32. The van der Waals surface area contributed by atoms with Crippen LogP contribution < -0.4 is 10.6 Å². The second-order valence-electron chi connectivity index (χ2n) is 6.25. The lowest BCUT2D eigenvalue weighted by Crippen LogP contribution is -2.40. The van der Waals surface area contributed by atoms with Crippen molar-refractivity contribution in [2.75, 3.05) is 13.6 Å². The van der Waals surface area contributed by atoms with Gasteiger partial charge in [-0.1, -0.05) is 36.4 Å². The Bertz CT molecular complexity index is 871. The molecule has 1 atom stereocenters. The molecule has 0 spiro atoms. The number of nitrogens with zero attached hydrogens (tertiary/aromatic N) is 3. The molecule has 138 valence electrons. The molecule has 0 saturated heterocycles. The van der Waals surface area contributed by atoms with Crippen molar-refractivity contribution in [3.05, 3.63) is 66.0 Å². The van der Waals surface area contributed by atoms with Crippen molar-refractivity contribution in [2.45, 2.75) is 26.4 Å². The Morgan fingerprint density at radius 2 is 1.96 bits per heavy atom. The summed E-state index contributed by atoms with van der Waals surface area (Å²) in [5.74, 6) is 0.796. The summed E-state index contributed by atoms with van der Waals surface area (Å²) in [6, 6.07) is 15.1. The summed E-state index contributed by atoms with van der Waals surface area (Å²) in [5.41, 5.74) is 2.41. The molecular weight excluding hydrogens is 437 g/mol. The maximum atomic E-state index is 4.32. The maximum Gasteiger partial charge on any atom is 0.191 e. The average Bonchev–Trinajstić information content (AvgIpc) is 3.05. The first-order valence-corrected chi connectivity index (χ1v) is 8.60. The van der Waals surface area contributed by atoms with Crippen LogP contribution in [0, 0.1) is 6.92 Å². The average molecular weight is 463 g/mol. The molecule has 1 heterocycles. The topological polar surface area (TPSA) is 54.2 Å². The van der Waals surface area contributed by atoms with E-state index in [1.165, 1.54) is 21.9 Å². The quantitative estimate of drug-likeness (QED) is 0.343. The molecule has 26 heavy (non-hydrogen) atoms. The first-order chi connectivity index (χ1) is 12.2. The second-order valence-corrected chi connectivity index (χ2v) is 6.25. The monoisotopic (exact) mass is 463 g/mol. The summed E-state index contributed by atoms with van der Waals surface area (Å²) < 4.78 is 1.93. The van der Waals surface area contributed by atoms with Gasteiger partial charge in [-0.25, -0.2) is 0 Å². The lowest BCUT2D eigenvalue weighted by molar-refractivity contribution is 0.591. The summed E-state index contributed by atoms with van der Waals surface area (Å²) in [5, 5.41) is 13.6. The molecule has 6 heteroatoms. The van der Waals surface area contributed by atoms with Crippen LogP contribution in [0.25, 0.3) is 10.8 Å². The van der Waals surface area contributed by atoms with Gasteiger partial charge < -0.3 is 10.6 Å². The minimum absolute atomic E-state index is 0. The molecule has 0 aliphatic carbocycles. The minimum Gasteiger partial charge on any atom is -0.355 e. The zero-order valence-electron chi connectivity index (χ0n) is 15.4. The van der Waals surface area contributed by atoms with E-state index in [4.69, 9.17) is 0 Å². The molecular formula is C20H26IN5. The van der Waals surface area contributed by atoms with Gasteiger partial charge in [0.1, 0.15) is 0 Å². The summed E-state index contributed by atoms with van der Waals surface area (Å²) >= 11 is 0. The van der Waals surface area contributed by atoms with Gasteiger partial charge in [-0.05, 0) is 41.8 Å². The van der Waals surface area contributed by atoms with Crippen LogP contribution in [0.15, 0.2) is 59.9 Å². The number of guanidine groups is 1. The molecule has 0 aliphatic heterocycles. The summed E-state index contributed by atoms with van der Waals surface area (Å²) in [7, 11) is 1.79. The normalized spacial score (nSPS) is 12.5. The van der Waals surface area contributed by atoms with Crippen molar-refractivity contribution < 1.29 is 0 Å². The SMILES string of the molecule is CN=C(NCCn1cc(C)cn1)NC(C)c1ccc2ccccc2c1.I. The van der Waals surface area contributed by atoms with E-state index in [0.717, 1.165) is 19.0 Å². The molecule has 1 aromatic heterocycles. The Hall–Kier alpha value is -2.09. The van der Waals surface area contributed by atoms with Crippen LogP contribution in [0.3, 0.4) is 0 Å². The lowest BCUT2D eigenvalue weighted by atomic mass is 10.0. The van der Waals surface area contributed by atoms with Gasteiger partial charge in [0.15, 0.2) is 5.96 Å². The molecule has 2 N–H and O–H groups in total. The fourth-order valence-electron chi connectivity index (χ4n) is 2.84. The van der Waals surface area contributed by atoms with E-state index in [2.05, 4.69) is 70.1 Å². The van der Waals surface area contributed by atoms with E-state index in [9.17, 15) is 0 Å². The number of hydrogen-bond donors (Lipinski definition) is 2. The maximum absolute atomic E-state index is 4.32. The molecule has 3 rings (SSSR count). The van der Waals surface area contributed by atoms with Crippen LogP contribution in [0.1, 0.15) is 24.1 Å². The number of aliphatic imine (C=N–C) groups is 1. The molecule has 2 aromatic carbocycles. The van der Waals surface area contributed by atoms with Crippen LogP contribution >= 0.6 is 24.0 Å². The van der Waals surface area contributed by atoms with Crippen molar-refractivity contribution >= 4 is 40.7 Å². The Balaban J connectivity index is 0.00000243. The Labute approximate surface area is 171 Å². The van der Waals surface area contributed by atoms with Crippen LogP contribution in [-0.4, -0.2) is 29.3 Å². The number of aryl methyl sites for hydroxylation is 1. The van der Waals surface area contributed by atoms with E-state index in [-0.39, 0.29) is 30.0 Å². The van der Waals surface area contributed by atoms with E-state index in [1.807, 2.05) is 24.0 Å². The molecule has 0 fully saturated rings. The van der Waals surface area contributed by atoms with Gasteiger partial charge in [0.25, 0.3) is 0 Å². The van der Waals surface area contributed by atoms with Crippen molar-refractivity contribution in [1.82, 2.24) is 20.4 Å². The highest BCUT2D eigenvalue weighted by Crippen LogP contribution is 2.20. The smallest absolute Gasteiger partial charge is 0.191 e. The van der Waals surface area contributed by atoms with Crippen molar-refractivity contribution in [3.8, 4) is 0 Å². The third-order valence-electron chi connectivity index (χ3n) is 4.25. The fourth-order valence-corrected chi connectivity index (χ4v) is 2.84. The molecule has 0 bridgehead atoms. The first kappa shape index (κ1) is 20.2. The van der Waals surface area contributed by atoms with Crippen LogP contribution in [0.4, 0.5) is 0 Å². The zero-order chi connectivity index (χ0) is 17.6. The Kier molecular flexibility index (Phi) is 7.44. The third kappa shape index (κ3) is 5.20. The van der Waals surface area contributed by atoms with Crippen LogP contribution in [-0.2, 0) is 6.54 Å². The van der Waals surface area contributed by atoms with Gasteiger partial charge in [0, 0.05) is 19.8 Å². The highest BCUT2D eigenvalue weighted by molar-refractivity contribution is 14.0. The third-order valence-corrected chi connectivity index (χ3v) is 4.25. The largest absolute Gasteiger partial charge is 0.355 e. The molecule has 1 unspecified atom stereocenters. The second kappa shape index (κ2) is 9.56. The fraction of sp³-hybridized carbons (Fsp3) is 0.300. The highest BCUT2D eigenvalue weighted by atomic mass is 127. The van der Waals surface area contributed by atoms with Crippen molar-refractivity contribution in [3.63, 3.8) is 0 Å². The molecule has 0 saturated carbocycles. The molecule has 0 amide bonds.